The van der Waals surface area contributed by atoms with Gasteiger partial charge in [0.05, 0.1) is 17.4 Å². The van der Waals surface area contributed by atoms with Crippen LogP contribution in [0.4, 0.5) is 16.2 Å². The van der Waals surface area contributed by atoms with Crippen LogP contribution in [0, 0.1) is 0 Å². The summed E-state index contributed by atoms with van der Waals surface area (Å²) in [5.74, 6) is -0.833. The number of carboxylic acids is 1. The van der Waals surface area contributed by atoms with E-state index in [0.717, 1.165) is 55.7 Å². The Balaban J connectivity index is 0.000000747. The minimum absolute atomic E-state index is 0.188. The van der Waals surface area contributed by atoms with Crippen LogP contribution in [0.2, 0.25) is 0 Å². The first kappa shape index (κ1) is 25.8. The summed E-state index contributed by atoms with van der Waals surface area (Å²) in [4.78, 5) is 24.2. The lowest BCUT2D eigenvalue weighted by molar-refractivity contribution is -0.134. The van der Waals surface area contributed by atoms with Gasteiger partial charge in [-0.25, -0.2) is 4.79 Å². The molecule has 3 aromatic carbocycles. The van der Waals surface area contributed by atoms with Gasteiger partial charge >= 0.3 is 6.03 Å². The van der Waals surface area contributed by atoms with Crippen molar-refractivity contribution in [2.75, 3.05) is 23.3 Å². The lowest BCUT2D eigenvalue weighted by Crippen LogP contribution is -2.48. The van der Waals surface area contributed by atoms with Gasteiger partial charge in [-0.15, -0.1) is 0 Å². The van der Waals surface area contributed by atoms with E-state index in [1.54, 1.807) is 6.20 Å². The van der Waals surface area contributed by atoms with Crippen molar-refractivity contribution in [1.29, 1.82) is 0 Å². The number of carbonyl (C=O) groups excluding carboxylic acids is 1. The van der Waals surface area contributed by atoms with Crippen LogP contribution >= 0.6 is 0 Å². The number of carbonyl (C=O) groups is 2. The molecule has 0 fully saturated rings. The molecule has 0 bridgehead atoms. The normalized spacial score (nSPS) is 14.3. The van der Waals surface area contributed by atoms with E-state index in [-0.39, 0.29) is 12.1 Å². The Bertz CT molecular complexity index is 1320. The first-order valence-electron chi connectivity index (χ1n) is 12.6. The Labute approximate surface area is 216 Å². The molecule has 1 atom stereocenters. The van der Waals surface area contributed by atoms with Crippen molar-refractivity contribution in [3.8, 4) is 0 Å². The lowest BCUT2D eigenvalue weighted by Gasteiger charge is -2.39. The van der Waals surface area contributed by atoms with Gasteiger partial charge in [-0.3, -0.25) is 9.89 Å². The number of amides is 2. The second-order valence-electron chi connectivity index (χ2n) is 9.09. The summed E-state index contributed by atoms with van der Waals surface area (Å²) >= 11 is 0. The van der Waals surface area contributed by atoms with Crippen molar-refractivity contribution >= 4 is 34.3 Å². The molecule has 8 nitrogen and oxygen atoms in total. The summed E-state index contributed by atoms with van der Waals surface area (Å²) in [6, 6.07) is 25.1. The first-order chi connectivity index (χ1) is 18.0. The second-order valence-corrected chi connectivity index (χ2v) is 9.09. The fourth-order valence-corrected chi connectivity index (χ4v) is 4.74. The van der Waals surface area contributed by atoms with E-state index >= 15 is 0 Å². The maximum atomic E-state index is 12.7. The standard InChI is InChI=1S/C27H29N5O.C2H4O2/c33-27(30-24-12-6-13-25-23(24)19-29-31-25)28-18-22-16-15-21-11-4-5-14-26(21)32(22)17-7-10-20-8-2-1-3-9-20;1-2(3)4/h1-6,8-9,11-14,19,22H,7,10,15-18H2,(H,29,31)(H2,28,30,33);1H3,(H,3,4). The van der Waals surface area contributed by atoms with E-state index in [4.69, 9.17) is 9.90 Å². The minimum atomic E-state index is -0.833. The Kier molecular flexibility index (Phi) is 8.75. The summed E-state index contributed by atoms with van der Waals surface area (Å²) in [7, 11) is 0. The number of hydrogen-bond donors (Lipinski definition) is 4. The molecule has 2 amide bonds. The van der Waals surface area contributed by atoms with Gasteiger partial charge in [0.25, 0.3) is 5.97 Å². The number of aromatic nitrogens is 2. The van der Waals surface area contributed by atoms with Gasteiger partial charge in [0.1, 0.15) is 0 Å². The third-order valence-corrected chi connectivity index (χ3v) is 6.43. The van der Waals surface area contributed by atoms with Gasteiger partial charge in [0.15, 0.2) is 0 Å². The highest BCUT2D eigenvalue weighted by Crippen LogP contribution is 2.30. The molecular formula is C29H33N5O3. The van der Waals surface area contributed by atoms with Gasteiger partial charge in [-0.1, -0.05) is 54.6 Å². The van der Waals surface area contributed by atoms with Crippen LogP contribution in [0.25, 0.3) is 10.9 Å². The van der Waals surface area contributed by atoms with Crippen molar-refractivity contribution in [2.24, 2.45) is 0 Å². The van der Waals surface area contributed by atoms with E-state index in [1.165, 1.54) is 16.8 Å². The molecule has 5 rings (SSSR count). The van der Waals surface area contributed by atoms with E-state index in [2.05, 4.69) is 80.3 Å². The van der Waals surface area contributed by atoms with Gasteiger partial charge in [0.2, 0.25) is 0 Å². The fraction of sp³-hybridized carbons (Fsp3) is 0.276. The molecule has 1 aliphatic rings. The first-order valence-corrected chi connectivity index (χ1v) is 12.6. The average Bonchev–Trinajstić information content (AvgIpc) is 3.38. The monoisotopic (exact) mass is 499 g/mol. The van der Waals surface area contributed by atoms with Crippen molar-refractivity contribution in [2.45, 2.75) is 38.6 Å². The Morgan fingerprint density at radius 2 is 1.81 bits per heavy atom. The van der Waals surface area contributed by atoms with Crippen molar-refractivity contribution < 1.29 is 14.7 Å². The van der Waals surface area contributed by atoms with E-state index < -0.39 is 5.97 Å². The average molecular weight is 500 g/mol. The zero-order chi connectivity index (χ0) is 26.0. The maximum absolute atomic E-state index is 12.7. The highest BCUT2D eigenvalue weighted by Gasteiger charge is 2.26. The Morgan fingerprint density at radius 3 is 2.62 bits per heavy atom. The molecule has 0 spiro atoms. The fourth-order valence-electron chi connectivity index (χ4n) is 4.74. The predicted molar refractivity (Wildman–Crippen MR) is 147 cm³/mol. The number of hydrogen-bond acceptors (Lipinski definition) is 4. The number of fused-ring (bicyclic) bond motifs is 2. The number of nitrogens with zero attached hydrogens (tertiary/aromatic N) is 2. The number of carboxylic acid groups (broad SMARTS) is 1. The number of nitrogens with one attached hydrogen (secondary N) is 3. The smallest absolute Gasteiger partial charge is 0.319 e. The molecule has 0 aliphatic carbocycles. The van der Waals surface area contributed by atoms with Crippen molar-refractivity contribution in [3.05, 3.63) is 90.1 Å². The van der Waals surface area contributed by atoms with Crippen LogP contribution in [0.3, 0.4) is 0 Å². The van der Waals surface area contributed by atoms with Crippen LogP contribution in [-0.2, 0) is 17.6 Å². The number of anilines is 2. The summed E-state index contributed by atoms with van der Waals surface area (Å²) in [6.45, 7) is 2.65. The summed E-state index contributed by atoms with van der Waals surface area (Å²) in [6.07, 6.45) is 5.92. The zero-order valence-corrected chi connectivity index (χ0v) is 21.0. The van der Waals surface area contributed by atoms with Gasteiger partial charge in [-0.2, -0.15) is 5.10 Å². The largest absolute Gasteiger partial charge is 0.481 e. The van der Waals surface area contributed by atoms with Crippen LogP contribution < -0.4 is 15.5 Å². The molecule has 2 heterocycles. The number of aromatic amines is 1. The Morgan fingerprint density at radius 1 is 1.05 bits per heavy atom. The van der Waals surface area contributed by atoms with Crippen molar-refractivity contribution in [1.82, 2.24) is 15.5 Å². The second kappa shape index (κ2) is 12.6. The highest BCUT2D eigenvalue weighted by atomic mass is 16.4. The summed E-state index contributed by atoms with van der Waals surface area (Å²) in [5, 5.41) is 21.4. The number of aryl methyl sites for hydroxylation is 2. The van der Waals surface area contributed by atoms with Crippen LogP contribution in [0.5, 0.6) is 0 Å². The van der Waals surface area contributed by atoms with Gasteiger partial charge in [0, 0.05) is 37.1 Å². The lowest BCUT2D eigenvalue weighted by atomic mass is 9.95. The molecule has 37 heavy (non-hydrogen) atoms. The van der Waals surface area contributed by atoms with Crippen LogP contribution in [0.15, 0.2) is 79.0 Å². The third kappa shape index (κ3) is 7.10. The maximum Gasteiger partial charge on any atom is 0.319 e. The number of rotatable bonds is 7. The molecule has 1 unspecified atom stereocenters. The van der Waals surface area contributed by atoms with Crippen LogP contribution in [0.1, 0.15) is 30.9 Å². The SMILES string of the molecule is CC(=O)O.O=C(NCC1CCc2ccccc2N1CCCc1ccccc1)Nc1cccc2[nH]ncc12. The zero-order valence-electron chi connectivity index (χ0n) is 21.0. The number of urea groups is 1. The number of para-hydroxylation sites is 1. The predicted octanol–water partition coefficient (Wildman–Crippen LogP) is 5.23. The number of H-pyrrole nitrogens is 1. The highest BCUT2D eigenvalue weighted by molar-refractivity contribution is 6.00. The molecule has 4 N–H and O–H groups in total. The van der Waals surface area contributed by atoms with Gasteiger partial charge < -0.3 is 20.6 Å². The summed E-state index contributed by atoms with van der Waals surface area (Å²) in [5.41, 5.74) is 5.72. The van der Waals surface area contributed by atoms with E-state index in [1.807, 2.05) is 18.2 Å². The molecular weight excluding hydrogens is 466 g/mol. The molecule has 0 saturated carbocycles. The molecule has 0 saturated heterocycles. The molecule has 1 aromatic heterocycles. The molecule has 192 valence electrons. The van der Waals surface area contributed by atoms with E-state index in [9.17, 15) is 4.79 Å². The van der Waals surface area contributed by atoms with E-state index in [0.29, 0.717) is 6.54 Å². The molecule has 1 aliphatic heterocycles. The van der Waals surface area contributed by atoms with Crippen molar-refractivity contribution in [3.63, 3.8) is 0 Å². The quantitative estimate of drug-likeness (QED) is 0.278. The van der Waals surface area contributed by atoms with Gasteiger partial charge in [-0.05, 0) is 55.0 Å². The number of benzene rings is 3. The topological polar surface area (TPSA) is 110 Å². The molecule has 4 aromatic rings. The molecule has 0 radical (unpaired) electrons. The third-order valence-electron chi connectivity index (χ3n) is 6.43. The Hall–Kier alpha value is -4.33. The minimum Gasteiger partial charge on any atom is -0.481 e. The molecule has 8 heteroatoms. The summed E-state index contributed by atoms with van der Waals surface area (Å²) < 4.78 is 0. The number of aliphatic carboxylic acids is 1. The van der Waals surface area contributed by atoms with Crippen LogP contribution in [-0.4, -0.2) is 46.4 Å².